The maximum Gasteiger partial charge on any atom is 0.169 e. The van der Waals surface area contributed by atoms with Crippen molar-refractivity contribution in [2.75, 3.05) is 19.8 Å². The van der Waals surface area contributed by atoms with E-state index in [1.807, 2.05) is 20.8 Å². The van der Waals surface area contributed by atoms with Gasteiger partial charge in [-0.05, 0) is 32.9 Å². The summed E-state index contributed by atoms with van der Waals surface area (Å²) in [5.74, 6) is -0.326. The van der Waals surface area contributed by atoms with Crippen LogP contribution in [0, 0.1) is 5.82 Å². The minimum Gasteiger partial charge on any atom is -0.352 e. The first-order chi connectivity index (χ1) is 8.67. The van der Waals surface area contributed by atoms with Crippen molar-refractivity contribution < 1.29 is 13.9 Å². The number of nitrogens with one attached hydrogen (secondary N) is 1. The van der Waals surface area contributed by atoms with Crippen LogP contribution in [-0.2, 0) is 9.47 Å². The molecule has 0 aliphatic heterocycles. The average molecular weight is 256 g/mol. The van der Waals surface area contributed by atoms with Gasteiger partial charge in [-0.25, -0.2) is 4.39 Å². The maximum atomic E-state index is 12.7. The van der Waals surface area contributed by atoms with E-state index in [1.165, 1.54) is 12.3 Å². The summed E-state index contributed by atoms with van der Waals surface area (Å²) >= 11 is 0. The summed E-state index contributed by atoms with van der Waals surface area (Å²) in [5.41, 5.74) is 0.795. The van der Waals surface area contributed by atoms with Crippen molar-refractivity contribution in [3.8, 4) is 0 Å². The smallest absolute Gasteiger partial charge is 0.169 e. The highest BCUT2D eigenvalue weighted by atomic mass is 19.1. The van der Waals surface area contributed by atoms with Gasteiger partial charge in [0.2, 0.25) is 0 Å². The van der Waals surface area contributed by atoms with Crippen molar-refractivity contribution in [3.05, 3.63) is 29.8 Å². The summed E-state index contributed by atoms with van der Waals surface area (Å²) in [4.78, 5) is 4.03. The Morgan fingerprint density at radius 3 is 2.44 bits per heavy atom. The van der Waals surface area contributed by atoms with Gasteiger partial charge in [-0.2, -0.15) is 0 Å². The lowest BCUT2D eigenvalue weighted by Gasteiger charge is -2.20. The van der Waals surface area contributed by atoms with Crippen LogP contribution in [-0.4, -0.2) is 31.0 Å². The first kappa shape index (κ1) is 15.0. The highest BCUT2D eigenvalue weighted by Gasteiger charge is 2.11. The van der Waals surface area contributed by atoms with Crippen molar-refractivity contribution >= 4 is 0 Å². The van der Waals surface area contributed by atoms with Crippen LogP contribution >= 0.6 is 0 Å². The van der Waals surface area contributed by atoms with Crippen LogP contribution in [0.3, 0.4) is 0 Å². The zero-order valence-corrected chi connectivity index (χ0v) is 11.1. The minimum absolute atomic E-state index is 0.0222. The molecule has 0 aliphatic rings. The lowest BCUT2D eigenvalue weighted by Crippen LogP contribution is -2.33. The lowest BCUT2D eigenvalue weighted by molar-refractivity contribution is -0.133. The molecule has 1 rings (SSSR count). The number of nitrogens with zero attached hydrogens (tertiary/aromatic N) is 1. The van der Waals surface area contributed by atoms with E-state index < -0.39 is 0 Å². The number of pyridine rings is 1. The zero-order valence-electron chi connectivity index (χ0n) is 11.1. The van der Waals surface area contributed by atoms with Crippen molar-refractivity contribution in [1.29, 1.82) is 0 Å². The molecule has 18 heavy (non-hydrogen) atoms. The molecule has 5 heteroatoms. The molecule has 0 fully saturated rings. The molecule has 0 radical (unpaired) electrons. The fourth-order valence-electron chi connectivity index (χ4n) is 1.56. The molecule has 0 saturated heterocycles. The number of rotatable bonds is 8. The molecule has 1 atom stereocenters. The summed E-state index contributed by atoms with van der Waals surface area (Å²) in [5, 5.41) is 3.25. The highest BCUT2D eigenvalue weighted by Crippen LogP contribution is 2.09. The summed E-state index contributed by atoms with van der Waals surface area (Å²) < 4.78 is 23.6. The summed E-state index contributed by atoms with van der Waals surface area (Å²) in [6, 6.07) is 3.10. The van der Waals surface area contributed by atoms with Crippen molar-refractivity contribution in [2.24, 2.45) is 0 Å². The van der Waals surface area contributed by atoms with Crippen LogP contribution in [0.2, 0.25) is 0 Å². The fourth-order valence-corrected chi connectivity index (χ4v) is 1.56. The average Bonchev–Trinajstić information content (AvgIpc) is 2.37. The first-order valence-electron chi connectivity index (χ1n) is 6.25. The number of hydrogen-bond acceptors (Lipinski definition) is 4. The molecule has 102 valence electrons. The third-order valence-electron chi connectivity index (χ3n) is 2.49. The van der Waals surface area contributed by atoms with Crippen molar-refractivity contribution in [3.63, 3.8) is 0 Å². The van der Waals surface area contributed by atoms with Gasteiger partial charge in [0.15, 0.2) is 6.29 Å². The van der Waals surface area contributed by atoms with E-state index in [-0.39, 0.29) is 18.1 Å². The van der Waals surface area contributed by atoms with Gasteiger partial charge in [0, 0.05) is 25.8 Å². The molecule has 1 unspecified atom stereocenters. The normalized spacial score (nSPS) is 12.9. The Morgan fingerprint density at radius 2 is 1.94 bits per heavy atom. The maximum absolute atomic E-state index is 12.7. The summed E-state index contributed by atoms with van der Waals surface area (Å²) in [6.07, 6.45) is 0.957. The molecule has 0 aliphatic carbocycles. The SMILES string of the molecule is CCOC(CNC(C)c1ccc(F)cn1)OCC. The zero-order chi connectivity index (χ0) is 13.4. The largest absolute Gasteiger partial charge is 0.352 e. The highest BCUT2D eigenvalue weighted by molar-refractivity contribution is 5.08. The number of ether oxygens (including phenoxy) is 2. The monoisotopic (exact) mass is 256 g/mol. The number of hydrogen-bond donors (Lipinski definition) is 1. The molecule has 1 N–H and O–H groups in total. The van der Waals surface area contributed by atoms with Gasteiger partial charge in [-0.1, -0.05) is 0 Å². The molecule has 1 aromatic heterocycles. The molecule has 1 aromatic rings. The van der Waals surface area contributed by atoms with E-state index in [2.05, 4.69) is 10.3 Å². The van der Waals surface area contributed by atoms with E-state index in [4.69, 9.17) is 9.47 Å². The number of aromatic nitrogens is 1. The molecule has 4 nitrogen and oxygen atoms in total. The van der Waals surface area contributed by atoms with Crippen LogP contribution in [0.5, 0.6) is 0 Å². The van der Waals surface area contributed by atoms with Crippen LogP contribution in [0.15, 0.2) is 18.3 Å². The van der Waals surface area contributed by atoms with Gasteiger partial charge < -0.3 is 14.8 Å². The van der Waals surface area contributed by atoms with Crippen LogP contribution < -0.4 is 5.32 Å². The second-order valence-corrected chi connectivity index (χ2v) is 3.87. The van der Waals surface area contributed by atoms with Gasteiger partial charge in [-0.3, -0.25) is 4.98 Å². The van der Waals surface area contributed by atoms with E-state index in [1.54, 1.807) is 6.07 Å². The van der Waals surface area contributed by atoms with E-state index >= 15 is 0 Å². The fraction of sp³-hybridized carbons (Fsp3) is 0.615. The molecule has 0 aromatic carbocycles. The molecule has 1 heterocycles. The van der Waals surface area contributed by atoms with Gasteiger partial charge in [0.05, 0.1) is 11.9 Å². The number of halogens is 1. The predicted molar refractivity (Wildman–Crippen MR) is 67.7 cm³/mol. The Bertz CT molecular complexity index is 326. The van der Waals surface area contributed by atoms with Crippen molar-refractivity contribution in [1.82, 2.24) is 10.3 Å². The third-order valence-corrected chi connectivity index (χ3v) is 2.49. The Balaban J connectivity index is 2.43. The molecule has 0 saturated carbocycles. The van der Waals surface area contributed by atoms with E-state index in [0.717, 1.165) is 5.69 Å². The standard InChI is InChI=1S/C13H21FN2O2/c1-4-17-13(18-5-2)9-15-10(3)12-7-6-11(14)8-16-12/h6-8,10,13,15H,4-5,9H2,1-3H3. The Hall–Kier alpha value is -1.04. The van der Waals surface area contributed by atoms with Crippen LogP contribution in [0.4, 0.5) is 4.39 Å². The quantitative estimate of drug-likeness (QED) is 0.725. The van der Waals surface area contributed by atoms with E-state index in [0.29, 0.717) is 19.8 Å². The molecule has 0 amide bonds. The Morgan fingerprint density at radius 1 is 1.28 bits per heavy atom. The Labute approximate surface area is 108 Å². The summed E-state index contributed by atoms with van der Waals surface area (Å²) in [6.45, 7) is 7.61. The lowest BCUT2D eigenvalue weighted by atomic mass is 10.2. The molecule has 0 spiro atoms. The van der Waals surface area contributed by atoms with Crippen LogP contribution in [0.25, 0.3) is 0 Å². The van der Waals surface area contributed by atoms with Gasteiger partial charge in [0.1, 0.15) is 5.82 Å². The first-order valence-corrected chi connectivity index (χ1v) is 6.25. The van der Waals surface area contributed by atoms with Gasteiger partial charge >= 0.3 is 0 Å². The summed E-state index contributed by atoms with van der Waals surface area (Å²) in [7, 11) is 0. The predicted octanol–water partition coefficient (Wildman–Crippen LogP) is 2.27. The minimum atomic E-state index is -0.326. The molecular weight excluding hydrogens is 235 g/mol. The van der Waals surface area contributed by atoms with E-state index in [9.17, 15) is 4.39 Å². The second kappa shape index (κ2) is 8.13. The van der Waals surface area contributed by atoms with Gasteiger partial charge in [0.25, 0.3) is 0 Å². The topological polar surface area (TPSA) is 43.4 Å². The van der Waals surface area contributed by atoms with Crippen molar-refractivity contribution in [2.45, 2.75) is 33.1 Å². The third kappa shape index (κ3) is 5.08. The molecule has 0 bridgehead atoms. The second-order valence-electron chi connectivity index (χ2n) is 3.87. The molecular formula is C13H21FN2O2. The van der Waals surface area contributed by atoms with Gasteiger partial charge in [-0.15, -0.1) is 0 Å². The van der Waals surface area contributed by atoms with Crippen LogP contribution in [0.1, 0.15) is 32.5 Å². The Kier molecular flexibility index (Phi) is 6.78.